The van der Waals surface area contributed by atoms with Crippen LogP contribution < -0.4 is 10.1 Å². The van der Waals surface area contributed by atoms with Crippen LogP contribution in [0.5, 0.6) is 5.75 Å². The molecule has 0 bridgehead atoms. The number of carbonyl (C=O) groups is 1. The topological polar surface area (TPSA) is 71.5 Å². The maximum atomic E-state index is 12.1. The zero-order valence-electron chi connectivity index (χ0n) is 12.9. The van der Waals surface area contributed by atoms with Crippen molar-refractivity contribution < 1.29 is 14.6 Å². The van der Waals surface area contributed by atoms with E-state index in [1.165, 1.54) is 0 Å². The molecular formula is C18H20N2O3. The summed E-state index contributed by atoms with van der Waals surface area (Å²) < 4.78 is 5.67. The van der Waals surface area contributed by atoms with E-state index in [1.807, 2.05) is 12.1 Å². The van der Waals surface area contributed by atoms with E-state index in [0.717, 1.165) is 18.4 Å². The zero-order chi connectivity index (χ0) is 16.1. The molecule has 1 fully saturated rings. The minimum atomic E-state index is -1.21. The van der Waals surface area contributed by atoms with Crippen LogP contribution in [-0.2, 0) is 11.4 Å². The lowest BCUT2D eigenvalue weighted by molar-refractivity contribution is -0.133. The summed E-state index contributed by atoms with van der Waals surface area (Å²) in [6.07, 6.45) is 6.34. The number of aromatic nitrogens is 1. The van der Waals surface area contributed by atoms with Gasteiger partial charge in [-0.3, -0.25) is 9.78 Å². The SMILES string of the molecule is O=C(Nc1ccc(OCc2cccnc2)cc1)C1(O)CCCC1. The van der Waals surface area contributed by atoms with Crippen LogP contribution in [0.4, 0.5) is 5.69 Å². The number of nitrogens with one attached hydrogen (secondary N) is 1. The second kappa shape index (κ2) is 6.79. The Morgan fingerprint density at radius 1 is 1.22 bits per heavy atom. The first-order valence-corrected chi connectivity index (χ1v) is 7.81. The van der Waals surface area contributed by atoms with Crippen LogP contribution in [0.3, 0.4) is 0 Å². The Hall–Kier alpha value is -2.40. The van der Waals surface area contributed by atoms with E-state index in [0.29, 0.717) is 30.9 Å². The third-order valence-electron chi connectivity index (χ3n) is 4.09. The standard InChI is InChI=1S/C18H20N2O3/c21-17(18(22)9-1-2-10-18)20-15-5-7-16(8-6-15)23-13-14-4-3-11-19-12-14/h3-8,11-12,22H,1-2,9-10,13H2,(H,20,21). The van der Waals surface area contributed by atoms with Crippen molar-refractivity contribution in [1.82, 2.24) is 4.98 Å². The Labute approximate surface area is 135 Å². The van der Waals surface area contributed by atoms with E-state index in [1.54, 1.807) is 36.7 Å². The normalized spacial score (nSPS) is 16.0. The average Bonchev–Trinajstić information content (AvgIpc) is 3.03. The van der Waals surface area contributed by atoms with Gasteiger partial charge < -0.3 is 15.2 Å². The molecule has 0 radical (unpaired) electrons. The summed E-state index contributed by atoms with van der Waals surface area (Å²) in [5.74, 6) is 0.394. The molecule has 0 aliphatic heterocycles. The number of amides is 1. The number of anilines is 1. The summed E-state index contributed by atoms with van der Waals surface area (Å²) in [5, 5.41) is 13.0. The molecule has 5 nitrogen and oxygen atoms in total. The van der Waals surface area contributed by atoms with Gasteiger partial charge in [0.05, 0.1) is 0 Å². The van der Waals surface area contributed by atoms with E-state index >= 15 is 0 Å². The van der Waals surface area contributed by atoms with Crippen LogP contribution >= 0.6 is 0 Å². The molecule has 2 N–H and O–H groups in total. The summed E-state index contributed by atoms with van der Waals surface area (Å²) in [6, 6.07) is 11.0. The van der Waals surface area contributed by atoms with Crippen LogP contribution in [0.25, 0.3) is 0 Å². The number of ether oxygens (including phenoxy) is 1. The van der Waals surface area contributed by atoms with Crippen molar-refractivity contribution in [3.63, 3.8) is 0 Å². The first kappa shape index (κ1) is 15.5. The van der Waals surface area contributed by atoms with Crippen LogP contribution in [0, 0.1) is 0 Å². The molecule has 1 aromatic carbocycles. The number of nitrogens with zero attached hydrogens (tertiary/aromatic N) is 1. The number of hydrogen-bond acceptors (Lipinski definition) is 4. The number of carbonyl (C=O) groups excluding carboxylic acids is 1. The molecule has 0 saturated heterocycles. The van der Waals surface area contributed by atoms with E-state index in [2.05, 4.69) is 10.3 Å². The smallest absolute Gasteiger partial charge is 0.256 e. The van der Waals surface area contributed by atoms with Gasteiger partial charge in [0.15, 0.2) is 0 Å². The Bertz CT molecular complexity index is 650. The van der Waals surface area contributed by atoms with Gasteiger partial charge in [0.1, 0.15) is 18.0 Å². The third-order valence-corrected chi connectivity index (χ3v) is 4.09. The van der Waals surface area contributed by atoms with E-state index in [4.69, 9.17) is 4.74 Å². The van der Waals surface area contributed by atoms with Gasteiger partial charge in [-0.15, -0.1) is 0 Å². The van der Waals surface area contributed by atoms with Crippen molar-refractivity contribution in [1.29, 1.82) is 0 Å². The molecule has 1 amide bonds. The lowest BCUT2D eigenvalue weighted by Crippen LogP contribution is -2.40. The first-order chi connectivity index (χ1) is 11.2. The second-order valence-corrected chi connectivity index (χ2v) is 5.87. The highest BCUT2D eigenvalue weighted by molar-refractivity contribution is 5.97. The Morgan fingerprint density at radius 3 is 2.61 bits per heavy atom. The highest BCUT2D eigenvalue weighted by atomic mass is 16.5. The lowest BCUT2D eigenvalue weighted by atomic mass is 10.0. The second-order valence-electron chi connectivity index (χ2n) is 5.87. The van der Waals surface area contributed by atoms with E-state index in [9.17, 15) is 9.90 Å². The van der Waals surface area contributed by atoms with E-state index in [-0.39, 0.29) is 5.91 Å². The maximum Gasteiger partial charge on any atom is 0.256 e. The predicted octanol–water partition coefficient (Wildman–Crippen LogP) is 2.90. The van der Waals surface area contributed by atoms with Gasteiger partial charge in [0, 0.05) is 23.6 Å². The molecular weight excluding hydrogens is 292 g/mol. The molecule has 1 heterocycles. The van der Waals surface area contributed by atoms with Crippen molar-refractivity contribution >= 4 is 11.6 Å². The molecule has 0 unspecified atom stereocenters. The molecule has 23 heavy (non-hydrogen) atoms. The molecule has 5 heteroatoms. The van der Waals surface area contributed by atoms with Crippen molar-refractivity contribution in [2.24, 2.45) is 0 Å². The molecule has 1 aliphatic rings. The number of hydrogen-bond donors (Lipinski definition) is 2. The van der Waals surface area contributed by atoms with Crippen molar-refractivity contribution in [2.45, 2.75) is 37.9 Å². The van der Waals surface area contributed by atoms with Gasteiger partial charge in [-0.2, -0.15) is 0 Å². The minimum Gasteiger partial charge on any atom is -0.489 e. The quantitative estimate of drug-likeness (QED) is 0.890. The fourth-order valence-corrected chi connectivity index (χ4v) is 2.72. The predicted molar refractivity (Wildman–Crippen MR) is 87.1 cm³/mol. The summed E-state index contributed by atoms with van der Waals surface area (Å²) in [4.78, 5) is 16.2. The Morgan fingerprint density at radius 2 is 1.96 bits per heavy atom. The number of aliphatic hydroxyl groups is 1. The van der Waals surface area contributed by atoms with Crippen LogP contribution in [0.2, 0.25) is 0 Å². The van der Waals surface area contributed by atoms with Gasteiger partial charge in [-0.1, -0.05) is 6.07 Å². The van der Waals surface area contributed by atoms with Crippen LogP contribution in [0.1, 0.15) is 31.2 Å². The van der Waals surface area contributed by atoms with Gasteiger partial charge in [-0.25, -0.2) is 0 Å². The monoisotopic (exact) mass is 312 g/mol. The Kier molecular flexibility index (Phi) is 4.57. The summed E-state index contributed by atoms with van der Waals surface area (Å²) in [5.41, 5.74) is 0.438. The van der Waals surface area contributed by atoms with Crippen LogP contribution in [0.15, 0.2) is 48.8 Å². The van der Waals surface area contributed by atoms with Crippen LogP contribution in [-0.4, -0.2) is 21.6 Å². The highest BCUT2D eigenvalue weighted by Crippen LogP contribution is 2.30. The molecule has 2 aromatic rings. The van der Waals surface area contributed by atoms with Gasteiger partial charge >= 0.3 is 0 Å². The van der Waals surface area contributed by atoms with Crippen molar-refractivity contribution in [2.75, 3.05) is 5.32 Å². The largest absolute Gasteiger partial charge is 0.489 e. The van der Waals surface area contributed by atoms with E-state index < -0.39 is 5.60 Å². The van der Waals surface area contributed by atoms with Gasteiger partial charge in [0.2, 0.25) is 0 Å². The summed E-state index contributed by atoms with van der Waals surface area (Å²) >= 11 is 0. The maximum absolute atomic E-state index is 12.1. The average molecular weight is 312 g/mol. The fraction of sp³-hybridized carbons (Fsp3) is 0.333. The molecule has 0 spiro atoms. The minimum absolute atomic E-state index is 0.320. The summed E-state index contributed by atoms with van der Waals surface area (Å²) in [6.45, 7) is 0.444. The Balaban J connectivity index is 1.55. The van der Waals surface area contributed by atoms with Gasteiger partial charge in [-0.05, 0) is 56.0 Å². The van der Waals surface area contributed by atoms with Crippen molar-refractivity contribution in [3.05, 3.63) is 54.4 Å². The molecule has 1 saturated carbocycles. The number of pyridine rings is 1. The molecule has 1 aliphatic carbocycles. The molecule has 0 atom stereocenters. The highest BCUT2D eigenvalue weighted by Gasteiger charge is 2.38. The molecule has 1 aromatic heterocycles. The lowest BCUT2D eigenvalue weighted by Gasteiger charge is -2.21. The third kappa shape index (κ3) is 3.87. The zero-order valence-corrected chi connectivity index (χ0v) is 12.9. The first-order valence-electron chi connectivity index (χ1n) is 7.81. The van der Waals surface area contributed by atoms with Gasteiger partial charge in [0.25, 0.3) is 5.91 Å². The summed E-state index contributed by atoms with van der Waals surface area (Å²) in [7, 11) is 0. The molecule has 3 rings (SSSR count). The van der Waals surface area contributed by atoms with Crippen molar-refractivity contribution in [3.8, 4) is 5.75 Å². The number of benzene rings is 1. The fourth-order valence-electron chi connectivity index (χ4n) is 2.72. The number of rotatable bonds is 5. The molecule has 120 valence electrons.